The van der Waals surface area contributed by atoms with Crippen molar-refractivity contribution in [1.29, 1.82) is 0 Å². The second-order valence-corrected chi connectivity index (χ2v) is 4.22. The lowest BCUT2D eigenvalue weighted by molar-refractivity contribution is -0.150. The summed E-state index contributed by atoms with van der Waals surface area (Å²) in [5, 5.41) is 15.4. The van der Waals surface area contributed by atoms with E-state index in [9.17, 15) is 9.59 Å². The quantitative estimate of drug-likeness (QED) is 0.444. The first-order chi connectivity index (χ1) is 8.34. The van der Waals surface area contributed by atoms with Crippen LogP contribution in [0.5, 0.6) is 0 Å². The molecule has 2 N–H and O–H groups in total. The van der Waals surface area contributed by atoms with Crippen LogP contribution >= 0.6 is 11.6 Å². The van der Waals surface area contributed by atoms with E-state index in [1.54, 1.807) is 0 Å². The van der Waals surface area contributed by atoms with Gasteiger partial charge in [-0.25, -0.2) is 4.79 Å². The number of aliphatic carboxylic acids is 1. The number of carboxylic acids is 1. The van der Waals surface area contributed by atoms with Crippen molar-refractivity contribution in [3.8, 4) is 0 Å². The van der Waals surface area contributed by atoms with Gasteiger partial charge in [0.05, 0.1) is 0 Å². The molecule has 0 saturated heterocycles. The number of hydrogen-bond donors (Lipinski definition) is 2. The first-order valence-electron chi connectivity index (χ1n) is 5.57. The van der Waals surface area contributed by atoms with Gasteiger partial charge in [-0.05, 0) is 33.6 Å². The van der Waals surface area contributed by atoms with E-state index in [2.05, 4.69) is 32.9 Å². The Morgan fingerprint density at radius 1 is 1.17 bits per heavy atom. The van der Waals surface area contributed by atoms with Gasteiger partial charge in [0, 0.05) is 5.88 Å². The zero-order valence-corrected chi connectivity index (χ0v) is 11.8. The van der Waals surface area contributed by atoms with Crippen LogP contribution in [-0.2, 0) is 9.59 Å². The largest absolute Gasteiger partial charge is 0.475 e. The molecule has 0 atom stereocenters. The molecule has 0 aliphatic rings. The van der Waals surface area contributed by atoms with E-state index in [-0.39, 0.29) is 0 Å². The van der Waals surface area contributed by atoms with Crippen molar-refractivity contribution in [2.24, 2.45) is 0 Å². The summed E-state index contributed by atoms with van der Waals surface area (Å²) in [6, 6.07) is 0. The first kappa shape index (κ1) is 19.2. The maximum Gasteiger partial charge on any atom is 0.374 e. The Labute approximate surface area is 113 Å². The Bertz CT molecular complexity index is 315. The Balaban J connectivity index is 0. The average molecular weight is 277 g/mol. The summed E-state index contributed by atoms with van der Waals surface area (Å²) in [5.74, 6) is -2.14. The van der Waals surface area contributed by atoms with Crippen molar-refractivity contribution in [2.45, 2.75) is 33.6 Å². The third-order valence-corrected chi connectivity index (χ3v) is 2.05. The van der Waals surface area contributed by atoms with E-state index in [0.717, 1.165) is 12.8 Å². The number of aliphatic hydroxyl groups excluding tert-OH is 1. The van der Waals surface area contributed by atoms with Gasteiger partial charge in [-0.2, -0.15) is 0 Å². The molecule has 4 nitrogen and oxygen atoms in total. The fourth-order valence-corrected chi connectivity index (χ4v) is 1.15. The number of aliphatic hydroxyl groups is 1. The number of alkyl halides is 1. The number of allylic oxidation sites excluding steroid dienone is 4. The number of Topliss-reactive ketones (excluding diaryl/α,β-unsaturated/α-hetero) is 1. The molecule has 0 aromatic carbocycles. The molecule has 0 aromatic rings. The van der Waals surface area contributed by atoms with Crippen LogP contribution in [0.3, 0.4) is 0 Å². The van der Waals surface area contributed by atoms with Gasteiger partial charge in [0.1, 0.15) is 6.61 Å². The highest BCUT2D eigenvalue weighted by Crippen LogP contribution is 2.06. The summed E-state index contributed by atoms with van der Waals surface area (Å²) in [6.45, 7) is 5.46. The lowest BCUT2D eigenvalue weighted by atomic mass is 10.1. The summed E-state index contributed by atoms with van der Waals surface area (Å²) in [7, 11) is 0. The molecule has 5 heteroatoms. The summed E-state index contributed by atoms with van der Waals surface area (Å²) < 4.78 is 0. The monoisotopic (exact) mass is 276 g/mol. The van der Waals surface area contributed by atoms with Gasteiger partial charge in [0.25, 0.3) is 5.78 Å². The number of halogens is 1. The standard InChI is InChI=1S/C10H17Cl.C3H4O4/c1-9(2)5-4-6-10(3)7-8-11;4-1-2(5)3(6)7/h5,7H,4,6,8H2,1-3H3;4H,1H2,(H,6,7)/b10-7+;. The fraction of sp³-hybridized carbons (Fsp3) is 0.538. The summed E-state index contributed by atoms with van der Waals surface area (Å²) in [6.07, 6.45) is 6.60. The lowest BCUT2D eigenvalue weighted by Gasteiger charge is -1.96. The van der Waals surface area contributed by atoms with Crippen LogP contribution in [0.4, 0.5) is 0 Å². The van der Waals surface area contributed by atoms with Gasteiger partial charge < -0.3 is 10.2 Å². The molecule has 104 valence electrons. The Morgan fingerprint density at radius 3 is 2.00 bits per heavy atom. The molecule has 18 heavy (non-hydrogen) atoms. The van der Waals surface area contributed by atoms with Gasteiger partial charge in [0.2, 0.25) is 0 Å². The lowest BCUT2D eigenvalue weighted by Crippen LogP contribution is -2.15. The van der Waals surface area contributed by atoms with Crippen molar-refractivity contribution in [1.82, 2.24) is 0 Å². The van der Waals surface area contributed by atoms with E-state index in [0.29, 0.717) is 5.88 Å². The van der Waals surface area contributed by atoms with Gasteiger partial charge in [-0.3, -0.25) is 4.79 Å². The molecule has 0 aromatic heterocycles. The number of carbonyl (C=O) groups is 2. The molecule has 0 aliphatic carbocycles. The predicted octanol–water partition coefficient (Wildman–Crippen LogP) is 2.55. The van der Waals surface area contributed by atoms with Crippen LogP contribution in [0.15, 0.2) is 23.3 Å². The molecular formula is C13H21ClO4. The number of hydrogen-bond acceptors (Lipinski definition) is 3. The van der Waals surface area contributed by atoms with Crippen LogP contribution in [0.1, 0.15) is 33.6 Å². The second-order valence-electron chi connectivity index (χ2n) is 3.91. The summed E-state index contributed by atoms with van der Waals surface area (Å²) in [5.41, 5.74) is 2.78. The molecule has 0 aliphatic heterocycles. The van der Waals surface area contributed by atoms with Crippen molar-refractivity contribution in [3.05, 3.63) is 23.3 Å². The molecule has 0 radical (unpaired) electrons. The highest BCUT2D eigenvalue weighted by atomic mass is 35.5. The smallest absolute Gasteiger partial charge is 0.374 e. The second kappa shape index (κ2) is 12.3. The molecular weight excluding hydrogens is 256 g/mol. The highest BCUT2D eigenvalue weighted by Gasteiger charge is 2.06. The fourth-order valence-electron chi connectivity index (χ4n) is 0.890. The van der Waals surface area contributed by atoms with Crippen molar-refractivity contribution >= 4 is 23.4 Å². The van der Waals surface area contributed by atoms with Crippen LogP contribution < -0.4 is 0 Å². The van der Waals surface area contributed by atoms with E-state index < -0.39 is 18.4 Å². The molecule has 0 spiro atoms. The summed E-state index contributed by atoms with van der Waals surface area (Å²) in [4.78, 5) is 19.1. The van der Waals surface area contributed by atoms with Crippen LogP contribution in [0.25, 0.3) is 0 Å². The van der Waals surface area contributed by atoms with E-state index in [1.807, 2.05) is 0 Å². The minimum atomic E-state index is -1.59. The van der Waals surface area contributed by atoms with Crippen molar-refractivity contribution in [2.75, 3.05) is 12.5 Å². The zero-order valence-electron chi connectivity index (χ0n) is 11.1. The maximum absolute atomic E-state index is 9.66. The molecule has 0 fully saturated rings. The molecule has 0 saturated carbocycles. The Hall–Kier alpha value is -1.13. The number of carbonyl (C=O) groups excluding carboxylic acids is 1. The summed E-state index contributed by atoms with van der Waals surface area (Å²) >= 11 is 5.55. The first-order valence-corrected chi connectivity index (χ1v) is 6.10. The van der Waals surface area contributed by atoms with Gasteiger partial charge in [-0.1, -0.05) is 23.3 Å². The van der Waals surface area contributed by atoms with Crippen LogP contribution in [0, 0.1) is 0 Å². The van der Waals surface area contributed by atoms with Gasteiger partial charge in [-0.15, -0.1) is 11.6 Å². The Morgan fingerprint density at radius 2 is 1.72 bits per heavy atom. The third kappa shape index (κ3) is 14.9. The zero-order chi connectivity index (χ0) is 14.6. The van der Waals surface area contributed by atoms with Crippen LogP contribution in [-0.4, -0.2) is 34.5 Å². The number of rotatable bonds is 6. The topological polar surface area (TPSA) is 74.6 Å². The minimum Gasteiger partial charge on any atom is -0.475 e. The highest BCUT2D eigenvalue weighted by molar-refractivity contribution is 6.33. The predicted molar refractivity (Wildman–Crippen MR) is 72.9 cm³/mol. The van der Waals surface area contributed by atoms with Crippen LogP contribution in [0.2, 0.25) is 0 Å². The Kier molecular flexibility index (Phi) is 13.2. The average Bonchev–Trinajstić information content (AvgIpc) is 2.28. The molecule has 0 amide bonds. The van der Waals surface area contributed by atoms with E-state index in [1.165, 1.54) is 11.1 Å². The molecule has 0 rings (SSSR count). The van der Waals surface area contributed by atoms with Crippen molar-refractivity contribution < 1.29 is 19.8 Å². The van der Waals surface area contributed by atoms with Gasteiger partial charge in [0.15, 0.2) is 0 Å². The molecule has 0 heterocycles. The maximum atomic E-state index is 9.66. The molecule has 0 unspecified atom stereocenters. The van der Waals surface area contributed by atoms with E-state index in [4.69, 9.17) is 21.8 Å². The molecule has 0 bridgehead atoms. The van der Waals surface area contributed by atoms with E-state index >= 15 is 0 Å². The minimum absolute atomic E-state index is 0.640. The number of carboxylic acid groups (broad SMARTS) is 1. The van der Waals surface area contributed by atoms with Gasteiger partial charge >= 0.3 is 5.97 Å². The third-order valence-electron chi connectivity index (χ3n) is 1.90. The van der Waals surface area contributed by atoms with Crippen molar-refractivity contribution in [3.63, 3.8) is 0 Å². The normalized spacial score (nSPS) is 10.2. The SMILES string of the molecule is CC(C)=CCC/C(C)=C/CCl.O=C(O)C(=O)CO. The number of ketones is 1.